The van der Waals surface area contributed by atoms with Gasteiger partial charge in [-0.25, -0.2) is 0 Å². The zero-order chi connectivity index (χ0) is 14.1. The molecule has 6 heteroatoms. The van der Waals surface area contributed by atoms with E-state index in [9.17, 15) is 4.79 Å². The molecule has 0 saturated carbocycles. The molecule has 1 amide bonds. The van der Waals surface area contributed by atoms with Crippen LogP contribution in [0.2, 0.25) is 0 Å². The second kappa shape index (κ2) is 8.63. The first kappa shape index (κ1) is 15.6. The standard InChI is InChI=1S/C13H24N4O2/c1-3-4-11(7-8-14)5-6-13(18)15-9-12-16-10(2)19-17-12/h11H,3-9,14H2,1-2H3,(H,15,18). The third-order valence-electron chi connectivity index (χ3n) is 3.06. The molecule has 0 spiro atoms. The van der Waals surface area contributed by atoms with Crippen LogP contribution in [-0.4, -0.2) is 22.6 Å². The molecule has 1 heterocycles. The fraction of sp³-hybridized carbons (Fsp3) is 0.769. The van der Waals surface area contributed by atoms with E-state index >= 15 is 0 Å². The number of aryl methyl sites for hydroxylation is 1. The molecule has 0 radical (unpaired) electrons. The molecule has 0 aromatic carbocycles. The summed E-state index contributed by atoms with van der Waals surface area (Å²) < 4.78 is 4.83. The number of nitrogens with two attached hydrogens (primary N) is 1. The van der Waals surface area contributed by atoms with Crippen LogP contribution < -0.4 is 11.1 Å². The zero-order valence-electron chi connectivity index (χ0n) is 11.8. The summed E-state index contributed by atoms with van der Waals surface area (Å²) in [5, 5.41) is 6.52. The summed E-state index contributed by atoms with van der Waals surface area (Å²) in [6.45, 7) is 4.89. The van der Waals surface area contributed by atoms with Crippen LogP contribution in [0, 0.1) is 12.8 Å². The van der Waals surface area contributed by atoms with Crippen molar-refractivity contribution in [3.63, 3.8) is 0 Å². The molecule has 6 nitrogen and oxygen atoms in total. The zero-order valence-corrected chi connectivity index (χ0v) is 11.8. The normalized spacial score (nSPS) is 12.4. The number of carbonyl (C=O) groups is 1. The van der Waals surface area contributed by atoms with Crippen LogP contribution >= 0.6 is 0 Å². The van der Waals surface area contributed by atoms with E-state index in [1.807, 2.05) is 0 Å². The second-order valence-corrected chi connectivity index (χ2v) is 4.78. The third-order valence-corrected chi connectivity index (χ3v) is 3.06. The Labute approximate surface area is 114 Å². The SMILES string of the molecule is CCCC(CCN)CCC(=O)NCc1noc(C)n1. The Morgan fingerprint density at radius 2 is 2.21 bits per heavy atom. The topological polar surface area (TPSA) is 94.0 Å². The van der Waals surface area contributed by atoms with E-state index < -0.39 is 0 Å². The van der Waals surface area contributed by atoms with Crippen LogP contribution in [0.3, 0.4) is 0 Å². The molecule has 1 aromatic rings. The van der Waals surface area contributed by atoms with Gasteiger partial charge in [0, 0.05) is 13.3 Å². The number of hydrogen-bond donors (Lipinski definition) is 2. The van der Waals surface area contributed by atoms with Gasteiger partial charge in [-0.3, -0.25) is 4.79 Å². The first-order valence-corrected chi connectivity index (χ1v) is 6.91. The highest BCUT2D eigenvalue weighted by molar-refractivity contribution is 5.75. The summed E-state index contributed by atoms with van der Waals surface area (Å²) in [5.41, 5.74) is 5.58. The van der Waals surface area contributed by atoms with Crippen LogP contribution in [0.5, 0.6) is 0 Å². The summed E-state index contributed by atoms with van der Waals surface area (Å²) in [5.74, 6) is 1.60. The molecule has 1 aromatic heterocycles. The number of aromatic nitrogens is 2. The van der Waals surface area contributed by atoms with Gasteiger partial charge < -0.3 is 15.6 Å². The Morgan fingerprint density at radius 1 is 1.42 bits per heavy atom. The van der Waals surface area contributed by atoms with E-state index in [4.69, 9.17) is 10.3 Å². The first-order valence-electron chi connectivity index (χ1n) is 6.91. The Hall–Kier alpha value is -1.43. The average molecular weight is 268 g/mol. The van der Waals surface area contributed by atoms with E-state index in [-0.39, 0.29) is 5.91 Å². The highest BCUT2D eigenvalue weighted by atomic mass is 16.5. The molecule has 0 fully saturated rings. The lowest BCUT2D eigenvalue weighted by Crippen LogP contribution is -2.24. The van der Waals surface area contributed by atoms with Gasteiger partial charge in [-0.15, -0.1) is 0 Å². The number of carbonyl (C=O) groups excluding carboxylic acids is 1. The number of amides is 1. The lowest BCUT2D eigenvalue weighted by atomic mass is 9.94. The van der Waals surface area contributed by atoms with Crippen LogP contribution in [-0.2, 0) is 11.3 Å². The molecule has 108 valence electrons. The van der Waals surface area contributed by atoms with Crippen molar-refractivity contribution >= 4 is 5.91 Å². The largest absolute Gasteiger partial charge is 0.349 e. The average Bonchev–Trinajstić information content (AvgIpc) is 2.80. The van der Waals surface area contributed by atoms with E-state index in [0.717, 1.165) is 25.7 Å². The quantitative estimate of drug-likeness (QED) is 0.708. The smallest absolute Gasteiger partial charge is 0.223 e. The molecule has 0 saturated heterocycles. The first-order chi connectivity index (χ1) is 9.15. The van der Waals surface area contributed by atoms with Gasteiger partial charge in [0.1, 0.15) is 0 Å². The Balaban J connectivity index is 2.22. The van der Waals surface area contributed by atoms with E-state index in [1.54, 1.807) is 6.92 Å². The maximum Gasteiger partial charge on any atom is 0.223 e. The van der Waals surface area contributed by atoms with E-state index in [1.165, 1.54) is 0 Å². The van der Waals surface area contributed by atoms with Gasteiger partial charge in [0.2, 0.25) is 11.8 Å². The Bertz CT molecular complexity index is 372. The molecule has 1 atom stereocenters. The highest BCUT2D eigenvalue weighted by Crippen LogP contribution is 2.16. The van der Waals surface area contributed by atoms with Crippen molar-refractivity contribution in [2.75, 3.05) is 6.54 Å². The fourth-order valence-corrected chi connectivity index (χ4v) is 2.09. The minimum absolute atomic E-state index is 0.0283. The lowest BCUT2D eigenvalue weighted by molar-refractivity contribution is -0.121. The molecule has 19 heavy (non-hydrogen) atoms. The van der Waals surface area contributed by atoms with Crippen LogP contribution in [0.25, 0.3) is 0 Å². The van der Waals surface area contributed by atoms with Crippen LogP contribution in [0.1, 0.15) is 50.7 Å². The summed E-state index contributed by atoms with van der Waals surface area (Å²) in [7, 11) is 0. The molecule has 0 bridgehead atoms. The minimum Gasteiger partial charge on any atom is -0.349 e. The van der Waals surface area contributed by atoms with Gasteiger partial charge in [-0.2, -0.15) is 4.98 Å². The van der Waals surface area contributed by atoms with Gasteiger partial charge in [0.05, 0.1) is 6.54 Å². The van der Waals surface area contributed by atoms with Crippen molar-refractivity contribution in [2.45, 2.75) is 52.5 Å². The van der Waals surface area contributed by atoms with Crippen molar-refractivity contribution < 1.29 is 9.32 Å². The predicted octanol–water partition coefficient (Wildman–Crippen LogP) is 1.54. The molecule has 0 aliphatic rings. The van der Waals surface area contributed by atoms with Gasteiger partial charge in [-0.05, 0) is 25.3 Å². The molecular weight excluding hydrogens is 244 g/mol. The van der Waals surface area contributed by atoms with Crippen molar-refractivity contribution in [1.29, 1.82) is 0 Å². The fourth-order valence-electron chi connectivity index (χ4n) is 2.09. The van der Waals surface area contributed by atoms with Gasteiger partial charge in [-0.1, -0.05) is 24.9 Å². The van der Waals surface area contributed by atoms with E-state index in [2.05, 4.69) is 22.4 Å². The Morgan fingerprint density at radius 3 is 2.79 bits per heavy atom. The molecule has 0 aliphatic carbocycles. The Kier molecular flexibility index (Phi) is 7.10. The van der Waals surface area contributed by atoms with Gasteiger partial charge >= 0.3 is 0 Å². The molecule has 0 aliphatic heterocycles. The minimum atomic E-state index is 0.0283. The van der Waals surface area contributed by atoms with Crippen molar-refractivity contribution in [3.8, 4) is 0 Å². The molecule has 1 unspecified atom stereocenters. The summed E-state index contributed by atoms with van der Waals surface area (Å²) >= 11 is 0. The van der Waals surface area contributed by atoms with Gasteiger partial charge in [0.25, 0.3) is 0 Å². The monoisotopic (exact) mass is 268 g/mol. The molecular formula is C13H24N4O2. The second-order valence-electron chi connectivity index (χ2n) is 4.78. The number of rotatable bonds is 9. The van der Waals surface area contributed by atoms with Crippen molar-refractivity contribution in [2.24, 2.45) is 11.7 Å². The van der Waals surface area contributed by atoms with Gasteiger partial charge in [0.15, 0.2) is 5.82 Å². The number of nitrogens with zero attached hydrogens (tertiary/aromatic N) is 2. The van der Waals surface area contributed by atoms with E-state index in [0.29, 0.717) is 37.1 Å². The summed E-state index contributed by atoms with van der Waals surface area (Å²) in [6.07, 6.45) is 4.68. The summed E-state index contributed by atoms with van der Waals surface area (Å²) in [6, 6.07) is 0. The highest BCUT2D eigenvalue weighted by Gasteiger charge is 2.10. The maximum absolute atomic E-state index is 11.7. The molecule has 1 rings (SSSR count). The number of hydrogen-bond acceptors (Lipinski definition) is 5. The van der Waals surface area contributed by atoms with Crippen LogP contribution in [0.15, 0.2) is 4.52 Å². The van der Waals surface area contributed by atoms with Crippen molar-refractivity contribution in [3.05, 3.63) is 11.7 Å². The summed E-state index contributed by atoms with van der Waals surface area (Å²) in [4.78, 5) is 15.7. The van der Waals surface area contributed by atoms with Crippen molar-refractivity contribution in [1.82, 2.24) is 15.5 Å². The van der Waals surface area contributed by atoms with Crippen LogP contribution in [0.4, 0.5) is 0 Å². The number of nitrogens with one attached hydrogen (secondary N) is 1. The molecule has 3 N–H and O–H groups in total. The third kappa shape index (κ3) is 6.33. The predicted molar refractivity (Wildman–Crippen MR) is 72.2 cm³/mol. The maximum atomic E-state index is 11.7. The lowest BCUT2D eigenvalue weighted by Gasteiger charge is -2.14.